The summed E-state index contributed by atoms with van der Waals surface area (Å²) in [6.45, 7) is 0.874. The number of hydrogen-bond donors (Lipinski definition) is 0. The molecule has 0 radical (unpaired) electrons. The van der Waals surface area contributed by atoms with Gasteiger partial charge in [0.05, 0.1) is 6.54 Å². The summed E-state index contributed by atoms with van der Waals surface area (Å²) in [6.07, 6.45) is -0.427. The van der Waals surface area contributed by atoms with E-state index in [4.69, 9.17) is 9.57 Å². The summed E-state index contributed by atoms with van der Waals surface area (Å²) in [5.74, 6) is 0.640. The summed E-state index contributed by atoms with van der Waals surface area (Å²) in [7, 11) is 0. The molecule has 0 bridgehead atoms. The third-order valence-electron chi connectivity index (χ3n) is 1.68. The van der Waals surface area contributed by atoms with Crippen molar-refractivity contribution < 1.29 is 14.4 Å². The molecular weight excluding hydrogens is 170 g/mol. The number of amides is 1. The molecule has 0 spiro atoms. The number of nitrogens with zero attached hydrogens (tertiary/aromatic N) is 1. The largest absolute Gasteiger partial charge is 0.445 e. The Morgan fingerprint density at radius 1 is 1.31 bits per heavy atom. The van der Waals surface area contributed by atoms with E-state index in [2.05, 4.69) is 0 Å². The minimum atomic E-state index is -0.427. The van der Waals surface area contributed by atoms with Gasteiger partial charge in [-0.25, -0.2) is 4.79 Å². The highest BCUT2D eigenvalue weighted by molar-refractivity contribution is 5.68. The maximum absolute atomic E-state index is 11.0. The van der Waals surface area contributed by atoms with Gasteiger partial charge in [0, 0.05) is 0 Å². The molecule has 0 aliphatic carbocycles. The van der Waals surface area contributed by atoms with Gasteiger partial charge in [-0.2, -0.15) is 0 Å². The SMILES string of the molecule is O=C1OCCN1Oc1ccccc1. The molecule has 4 heteroatoms. The summed E-state index contributed by atoms with van der Waals surface area (Å²) in [6, 6.07) is 9.14. The molecule has 0 unspecified atom stereocenters. The van der Waals surface area contributed by atoms with E-state index < -0.39 is 6.09 Å². The molecule has 1 fully saturated rings. The Morgan fingerprint density at radius 3 is 2.69 bits per heavy atom. The standard InChI is InChI=1S/C9H9NO3/c11-9-10(6-7-12-9)13-8-4-2-1-3-5-8/h1-5H,6-7H2. The van der Waals surface area contributed by atoms with E-state index in [-0.39, 0.29) is 0 Å². The fraction of sp³-hybridized carbons (Fsp3) is 0.222. The molecule has 1 saturated heterocycles. The summed E-state index contributed by atoms with van der Waals surface area (Å²) < 4.78 is 4.70. The molecule has 1 aromatic carbocycles. The van der Waals surface area contributed by atoms with Crippen molar-refractivity contribution in [1.29, 1.82) is 0 Å². The summed E-state index contributed by atoms with van der Waals surface area (Å²) in [5.41, 5.74) is 0. The second kappa shape index (κ2) is 3.35. The van der Waals surface area contributed by atoms with Gasteiger partial charge in [0.2, 0.25) is 0 Å². The summed E-state index contributed by atoms with van der Waals surface area (Å²) >= 11 is 0. The van der Waals surface area contributed by atoms with Gasteiger partial charge < -0.3 is 9.57 Å². The average molecular weight is 179 g/mol. The van der Waals surface area contributed by atoms with Crippen LogP contribution in [0.3, 0.4) is 0 Å². The molecular formula is C9H9NO3. The number of benzene rings is 1. The molecule has 13 heavy (non-hydrogen) atoms. The lowest BCUT2D eigenvalue weighted by atomic mass is 10.3. The number of hydroxylamine groups is 2. The van der Waals surface area contributed by atoms with E-state index in [1.54, 1.807) is 12.1 Å². The topological polar surface area (TPSA) is 38.8 Å². The van der Waals surface area contributed by atoms with E-state index in [0.29, 0.717) is 18.9 Å². The molecule has 4 nitrogen and oxygen atoms in total. The predicted octanol–water partition coefficient (Wildman–Crippen LogP) is 1.43. The molecule has 1 heterocycles. The van der Waals surface area contributed by atoms with Crippen LogP contribution in [0.5, 0.6) is 5.75 Å². The fourth-order valence-electron chi connectivity index (χ4n) is 1.07. The van der Waals surface area contributed by atoms with E-state index in [0.717, 1.165) is 0 Å². The number of carbonyl (C=O) groups is 1. The number of rotatable bonds is 2. The maximum atomic E-state index is 11.0. The first-order chi connectivity index (χ1) is 6.36. The Kier molecular flexibility index (Phi) is 2.04. The Balaban J connectivity index is 2.02. The van der Waals surface area contributed by atoms with Crippen molar-refractivity contribution in [3.05, 3.63) is 30.3 Å². The number of carbonyl (C=O) groups excluding carboxylic acids is 1. The Bertz CT molecular complexity index is 299. The van der Waals surface area contributed by atoms with Gasteiger partial charge in [0.25, 0.3) is 0 Å². The van der Waals surface area contributed by atoms with E-state index in [9.17, 15) is 4.79 Å². The van der Waals surface area contributed by atoms with E-state index >= 15 is 0 Å². The molecule has 1 amide bonds. The van der Waals surface area contributed by atoms with Crippen molar-refractivity contribution in [2.45, 2.75) is 0 Å². The molecule has 0 N–H and O–H groups in total. The van der Waals surface area contributed by atoms with Gasteiger partial charge in [0.15, 0.2) is 5.75 Å². The lowest BCUT2D eigenvalue weighted by Crippen LogP contribution is -2.27. The van der Waals surface area contributed by atoms with Crippen LogP contribution in [-0.2, 0) is 4.74 Å². The first-order valence-corrected chi connectivity index (χ1v) is 4.03. The minimum Gasteiger partial charge on any atom is -0.445 e. The van der Waals surface area contributed by atoms with Crippen LogP contribution in [0, 0.1) is 0 Å². The zero-order valence-corrected chi connectivity index (χ0v) is 6.97. The van der Waals surface area contributed by atoms with Gasteiger partial charge in [0.1, 0.15) is 6.61 Å². The monoisotopic (exact) mass is 179 g/mol. The first kappa shape index (κ1) is 7.91. The summed E-state index contributed by atoms with van der Waals surface area (Å²) in [5, 5.41) is 1.20. The lowest BCUT2D eigenvalue weighted by Gasteiger charge is -2.12. The molecule has 2 rings (SSSR count). The van der Waals surface area contributed by atoms with Crippen molar-refractivity contribution in [3.8, 4) is 5.75 Å². The van der Waals surface area contributed by atoms with Crippen LogP contribution in [0.25, 0.3) is 0 Å². The van der Waals surface area contributed by atoms with Crippen molar-refractivity contribution in [2.75, 3.05) is 13.2 Å². The highest BCUT2D eigenvalue weighted by Gasteiger charge is 2.23. The molecule has 0 saturated carbocycles. The quantitative estimate of drug-likeness (QED) is 0.689. The molecule has 1 aliphatic heterocycles. The third kappa shape index (κ3) is 1.72. The highest BCUT2D eigenvalue weighted by atomic mass is 16.7. The van der Waals surface area contributed by atoms with E-state index in [1.165, 1.54) is 5.06 Å². The van der Waals surface area contributed by atoms with E-state index in [1.807, 2.05) is 18.2 Å². The van der Waals surface area contributed by atoms with Crippen LogP contribution < -0.4 is 4.84 Å². The van der Waals surface area contributed by atoms with Crippen LogP contribution in [-0.4, -0.2) is 24.3 Å². The predicted molar refractivity (Wildman–Crippen MR) is 45.1 cm³/mol. The van der Waals surface area contributed by atoms with Crippen LogP contribution in [0.1, 0.15) is 0 Å². The van der Waals surface area contributed by atoms with Gasteiger partial charge in [-0.3, -0.25) is 0 Å². The molecule has 1 aromatic rings. The van der Waals surface area contributed by atoms with Crippen LogP contribution in [0.15, 0.2) is 30.3 Å². The smallest absolute Gasteiger partial charge is 0.443 e. The molecule has 1 aliphatic rings. The van der Waals surface area contributed by atoms with Crippen molar-refractivity contribution in [2.24, 2.45) is 0 Å². The third-order valence-corrected chi connectivity index (χ3v) is 1.68. The molecule has 68 valence electrons. The number of hydrogen-bond acceptors (Lipinski definition) is 3. The highest BCUT2D eigenvalue weighted by Crippen LogP contribution is 2.13. The zero-order valence-electron chi connectivity index (χ0n) is 6.97. The molecule has 0 atom stereocenters. The van der Waals surface area contributed by atoms with Gasteiger partial charge in [-0.15, -0.1) is 5.06 Å². The maximum Gasteiger partial charge on any atom is 0.443 e. The van der Waals surface area contributed by atoms with Gasteiger partial charge in [-0.05, 0) is 12.1 Å². The van der Waals surface area contributed by atoms with Crippen molar-refractivity contribution >= 4 is 6.09 Å². The van der Waals surface area contributed by atoms with Crippen LogP contribution in [0.4, 0.5) is 4.79 Å². The Morgan fingerprint density at radius 2 is 2.08 bits per heavy atom. The minimum absolute atomic E-state index is 0.395. The van der Waals surface area contributed by atoms with Crippen LogP contribution in [0.2, 0.25) is 0 Å². The number of ether oxygens (including phenoxy) is 1. The zero-order chi connectivity index (χ0) is 9.10. The fourth-order valence-corrected chi connectivity index (χ4v) is 1.07. The van der Waals surface area contributed by atoms with Gasteiger partial charge in [-0.1, -0.05) is 18.2 Å². The van der Waals surface area contributed by atoms with Crippen molar-refractivity contribution in [1.82, 2.24) is 5.06 Å². The van der Waals surface area contributed by atoms with Gasteiger partial charge >= 0.3 is 6.09 Å². The summed E-state index contributed by atoms with van der Waals surface area (Å²) in [4.78, 5) is 16.2. The Labute approximate surface area is 75.6 Å². The molecule has 0 aromatic heterocycles. The second-order valence-corrected chi connectivity index (χ2v) is 2.62. The second-order valence-electron chi connectivity index (χ2n) is 2.62. The first-order valence-electron chi connectivity index (χ1n) is 4.03. The van der Waals surface area contributed by atoms with Crippen molar-refractivity contribution in [3.63, 3.8) is 0 Å². The lowest BCUT2D eigenvalue weighted by molar-refractivity contribution is -0.00117. The Hall–Kier alpha value is -1.71. The normalized spacial score (nSPS) is 15.7. The number of cyclic esters (lactones) is 1. The average Bonchev–Trinajstić information content (AvgIpc) is 2.54. The number of para-hydroxylation sites is 1. The van der Waals surface area contributed by atoms with Crippen LogP contribution >= 0.6 is 0 Å².